The van der Waals surface area contributed by atoms with Gasteiger partial charge in [-0.05, 0) is 25.7 Å². The van der Waals surface area contributed by atoms with Crippen molar-refractivity contribution in [2.75, 3.05) is 0 Å². The van der Waals surface area contributed by atoms with E-state index in [1.807, 2.05) is 26.2 Å². The Labute approximate surface area is 91.7 Å². The molecule has 0 radical (unpaired) electrons. The second-order valence-electron chi connectivity index (χ2n) is 5.59. The maximum absolute atomic E-state index is 11.9. The number of nitrogens with zero attached hydrogens (tertiary/aromatic N) is 2. The van der Waals surface area contributed by atoms with E-state index in [4.69, 9.17) is 0 Å². The predicted molar refractivity (Wildman–Crippen MR) is 63.1 cm³/mol. The SMILES string of the molecule is CC(C)n1ccn(CCC(C)(C)C)c1=O. The lowest BCUT2D eigenvalue weighted by molar-refractivity contribution is 0.346. The molecule has 0 bridgehead atoms. The molecule has 3 nitrogen and oxygen atoms in total. The van der Waals surface area contributed by atoms with E-state index in [9.17, 15) is 4.79 Å². The zero-order chi connectivity index (χ0) is 11.6. The summed E-state index contributed by atoms with van der Waals surface area (Å²) in [6, 6.07) is 0.244. The van der Waals surface area contributed by atoms with Crippen molar-refractivity contribution in [1.82, 2.24) is 9.13 Å². The Hall–Kier alpha value is -0.990. The second kappa shape index (κ2) is 4.25. The third-order valence-corrected chi connectivity index (χ3v) is 2.53. The first-order chi connectivity index (χ1) is 6.81. The van der Waals surface area contributed by atoms with Crippen LogP contribution in [0, 0.1) is 5.41 Å². The van der Waals surface area contributed by atoms with Crippen molar-refractivity contribution < 1.29 is 0 Å². The van der Waals surface area contributed by atoms with Gasteiger partial charge >= 0.3 is 5.69 Å². The molecule has 0 aromatic carbocycles. The van der Waals surface area contributed by atoms with Crippen LogP contribution in [0.25, 0.3) is 0 Å². The molecule has 1 heterocycles. The molecule has 0 spiro atoms. The molecule has 0 saturated carbocycles. The predicted octanol–water partition coefficient (Wildman–Crippen LogP) is 2.67. The third-order valence-electron chi connectivity index (χ3n) is 2.53. The maximum Gasteiger partial charge on any atom is 0.328 e. The smallest absolute Gasteiger partial charge is 0.299 e. The molecule has 0 saturated heterocycles. The number of aryl methyl sites for hydroxylation is 1. The first-order valence-electron chi connectivity index (χ1n) is 5.58. The average molecular weight is 210 g/mol. The summed E-state index contributed by atoms with van der Waals surface area (Å²) in [5.41, 5.74) is 0.383. The van der Waals surface area contributed by atoms with Crippen LogP contribution in [0.15, 0.2) is 17.2 Å². The Morgan fingerprint density at radius 3 is 2.27 bits per heavy atom. The number of rotatable bonds is 3. The van der Waals surface area contributed by atoms with Gasteiger partial charge in [-0.15, -0.1) is 0 Å². The Morgan fingerprint density at radius 2 is 1.87 bits per heavy atom. The van der Waals surface area contributed by atoms with Crippen molar-refractivity contribution in [2.24, 2.45) is 5.41 Å². The van der Waals surface area contributed by atoms with Crippen LogP contribution in [0.3, 0.4) is 0 Å². The van der Waals surface area contributed by atoms with Crippen molar-refractivity contribution in [3.05, 3.63) is 22.9 Å². The van der Waals surface area contributed by atoms with E-state index in [0.717, 1.165) is 13.0 Å². The highest BCUT2D eigenvalue weighted by Gasteiger charge is 2.12. The second-order valence-corrected chi connectivity index (χ2v) is 5.59. The van der Waals surface area contributed by atoms with Crippen LogP contribution < -0.4 is 5.69 Å². The highest BCUT2D eigenvalue weighted by Crippen LogP contribution is 2.18. The van der Waals surface area contributed by atoms with Gasteiger partial charge in [0.15, 0.2) is 0 Å². The molecule has 1 aromatic rings. The van der Waals surface area contributed by atoms with Gasteiger partial charge in [0.1, 0.15) is 0 Å². The molecule has 0 fully saturated rings. The normalized spacial score (nSPS) is 12.4. The average Bonchev–Trinajstić information content (AvgIpc) is 2.42. The minimum absolute atomic E-state index is 0.106. The van der Waals surface area contributed by atoms with Crippen LogP contribution in [-0.2, 0) is 6.54 Å². The first kappa shape index (κ1) is 12.1. The van der Waals surface area contributed by atoms with Gasteiger partial charge in [0, 0.05) is 25.0 Å². The summed E-state index contributed by atoms with van der Waals surface area (Å²) in [7, 11) is 0. The number of hydrogen-bond donors (Lipinski definition) is 0. The van der Waals surface area contributed by atoms with Gasteiger partial charge in [0.2, 0.25) is 0 Å². The summed E-state index contributed by atoms with van der Waals surface area (Å²) in [5, 5.41) is 0. The van der Waals surface area contributed by atoms with Gasteiger partial charge in [-0.25, -0.2) is 4.79 Å². The van der Waals surface area contributed by atoms with Gasteiger partial charge < -0.3 is 0 Å². The van der Waals surface area contributed by atoms with E-state index >= 15 is 0 Å². The zero-order valence-electron chi connectivity index (χ0n) is 10.4. The van der Waals surface area contributed by atoms with Gasteiger partial charge in [-0.3, -0.25) is 9.13 Å². The molecule has 0 aliphatic heterocycles. The lowest BCUT2D eigenvalue weighted by Gasteiger charge is -2.17. The fourth-order valence-corrected chi connectivity index (χ4v) is 1.45. The lowest BCUT2D eigenvalue weighted by Crippen LogP contribution is -2.26. The van der Waals surface area contributed by atoms with Gasteiger partial charge in [-0.2, -0.15) is 0 Å². The largest absolute Gasteiger partial charge is 0.328 e. The Kier molecular flexibility index (Phi) is 3.42. The van der Waals surface area contributed by atoms with Crippen molar-refractivity contribution in [2.45, 2.75) is 53.6 Å². The summed E-state index contributed by atoms with van der Waals surface area (Å²) in [6.07, 6.45) is 4.78. The first-order valence-corrected chi connectivity index (χ1v) is 5.58. The van der Waals surface area contributed by atoms with E-state index in [-0.39, 0.29) is 17.1 Å². The Bertz CT molecular complexity index is 366. The van der Waals surface area contributed by atoms with Gasteiger partial charge in [0.25, 0.3) is 0 Å². The summed E-state index contributed by atoms with van der Waals surface area (Å²) in [4.78, 5) is 11.9. The topological polar surface area (TPSA) is 26.9 Å². The summed E-state index contributed by atoms with van der Waals surface area (Å²) < 4.78 is 3.56. The molecule has 86 valence electrons. The third kappa shape index (κ3) is 3.26. The van der Waals surface area contributed by atoms with Crippen LogP contribution in [0.2, 0.25) is 0 Å². The van der Waals surface area contributed by atoms with Crippen LogP contribution in [-0.4, -0.2) is 9.13 Å². The van der Waals surface area contributed by atoms with Crippen molar-refractivity contribution in [1.29, 1.82) is 0 Å². The maximum atomic E-state index is 11.9. The Morgan fingerprint density at radius 1 is 1.27 bits per heavy atom. The fourth-order valence-electron chi connectivity index (χ4n) is 1.45. The molecule has 0 N–H and O–H groups in total. The lowest BCUT2D eigenvalue weighted by atomic mass is 9.92. The summed E-state index contributed by atoms with van der Waals surface area (Å²) >= 11 is 0. The van der Waals surface area contributed by atoms with E-state index in [1.165, 1.54) is 0 Å². The highest BCUT2D eigenvalue weighted by atomic mass is 16.1. The molecular weight excluding hydrogens is 188 g/mol. The minimum atomic E-state index is 0.106. The molecular formula is C12H22N2O. The van der Waals surface area contributed by atoms with Crippen molar-refractivity contribution >= 4 is 0 Å². The van der Waals surface area contributed by atoms with Crippen molar-refractivity contribution in [3.8, 4) is 0 Å². The van der Waals surface area contributed by atoms with Crippen LogP contribution in [0.4, 0.5) is 0 Å². The monoisotopic (exact) mass is 210 g/mol. The number of imidazole rings is 1. The molecule has 3 heteroatoms. The molecule has 1 aromatic heterocycles. The van der Waals surface area contributed by atoms with E-state index in [0.29, 0.717) is 0 Å². The van der Waals surface area contributed by atoms with Gasteiger partial charge in [-0.1, -0.05) is 20.8 Å². The number of aromatic nitrogens is 2. The molecule has 1 rings (SSSR count). The standard InChI is InChI=1S/C12H22N2O/c1-10(2)14-9-8-13(11(14)15)7-6-12(3,4)5/h8-10H,6-7H2,1-5H3. The molecule has 15 heavy (non-hydrogen) atoms. The quantitative estimate of drug-likeness (QED) is 0.753. The van der Waals surface area contributed by atoms with Crippen LogP contribution in [0.1, 0.15) is 47.1 Å². The molecule has 0 unspecified atom stereocenters. The van der Waals surface area contributed by atoms with Crippen LogP contribution in [0.5, 0.6) is 0 Å². The highest BCUT2D eigenvalue weighted by molar-refractivity contribution is 4.84. The minimum Gasteiger partial charge on any atom is -0.299 e. The van der Waals surface area contributed by atoms with Gasteiger partial charge in [0.05, 0.1) is 0 Å². The molecule has 0 aliphatic carbocycles. The molecule has 0 amide bonds. The van der Waals surface area contributed by atoms with Crippen LogP contribution >= 0.6 is 0 Å². The Balaban J connectivity index is 2.76. The fraction of sp³-hybridized carbons (Fsp3) is 0.750. The van der Waals surface area contributed by atoms with E-state index < -0.39 is 0 Å². The summed E-state index contributed by atoms with van der Waals surface area (Å²) in [6.45, 7) is 11.4. The zero-order valence-corrected chi connectivity index (χ0v) is 10.4. The molecule has 0 atom stereocenters. The number of hydrogen-bond acceptors (Lipinski definition) is 1. The van der Waals surface area contributed by atoms with E-state index in [1.54, 1.807) is 9.13 Å². The van der Waals surface area contributed by atoms with Crippen molar-refractivity contribution in [3.63, 3.8) is 0 Å². The van der Waals surface area contributed by atoms with E-state index in [2.05, 4.69) is 20.8 Å². The molecule has 0 aliphatic rings. The summed E-state index contributed by atoms with van der Waals surface area (Å²) in [5.74, 6) is 0.